The normalized spacial score (nSPS) is 9.67. The molecule has 0 aliphatic carbocycles. The molecule has 5 heteroatoms. The first kappa shape index (κ1) is 13.9. The zero-order valence-corrected chi connectivity index (χ0v) is 10.1. The number of nitrogens with one attached hydrogen (secondary N) is 2. The first-order valence-corrected chi connectivity index (χ1v) is 5.44. The van der Waals surface area contributed by atoms with Gasteiger partial charge in [0.25, 0.3) is 5.91 Å². The number of carbonyl (C=O) groups is 2. The van der Waals surface area contributed by atoms with E-state index in [1.165, 1.54) is 18.2 Å². The van der Waals surface area contributed by atoms with Gasteiger partial charge in [0.1, 0.15) is 5.82 Å². The molecule has 0 aliphatic heterocycles. The van der Waals surface area contributed by atoms with E-state index in [2.05, 4.69) is 17.2 Å². The average Bonchev–Trinajstić information content (AvgIpc) is 2.34. The van der Waals surface area contributed by atoms with E-state index in [1.807, 2.05) is 0 Å². The van der Waals surface area contributed by atoms with Gasteiger partial charge in [-0.05, 0) is 19.1 Å². The fourth-order valence-electron chi connectivity index (χ4n) is 1.21. The monoisotopic (exact) mass is 250 g/mol. The van der Waals surface area contributed by atoms with Crippen LogP contribution in [0, 0.1) is 5.82 Å². The molecule has 4 nitrogen and oxygen atoms in total. The van der Waals surface area contributed by atoms with Crippen LogP contribution in [0.15, 0.2) is 36.4 Å². The fourth-order valence-corrected chi connectivity index (χ4v) is 1.21. The van der Waals surface area contributed by atoms with Crippen LogP contribution in [0.25, 0.3) is 0 Å². The number of hydrogen-bond acceptors (Lipinski definition) is 2. The van der Waals surface area contributed by atoms with Crippen molar-refractivity contribution in [2.24, 2.45) is 0 Å². The van der Waals surface area contributed by atoms with Crippen LogP contribution in [0.5, 0.6) is 0 Å². The standard InChI is InChI=1S/C13H15FN2O2/c1-9(2)7-15-12(17)8-16-13(18)10-5-3-4-6-11(10)14/h3-6H,1,7-8H2,2H3,(H,15,17)(H,16,18). The maximum atomic E-state index is 13.2. The van der Waals surface area contributed by atoms with Crippen molar-refractivity contribution in [3.05, 3.63) is 47.8 Å². The van der Waals surface area contributed by atoms with E-state index in [0.29, 0.717) is 6.54 Å². The number of hydrogen-bond donors (Lipinski definition) is 2. The number of amides is 2. The molecule has 0 aliphatic rings. The molecule has 0 spiro atoms. The second-order valence-corrected chi connectivity index (χ2v) is 3.90. The molecule has 0 radical (unpaired) electrons. The van der Waals surface area contributed by atoms with E-state index in [-0.39, 0.29) is 18.0 Å². The third-order valence-corrected chi connectivity index (χ3v) is 2.12. The molecule has 0 fully saturated rings. The molecule has 0 atom stereocenters. The quantitative estimate of drug-likeness (QED) is 0.773. The number of halogens is 1. The topological polar surface area (TPSA) is 58.2 Å². The number of rotatable bonds is 5. The smallest absolute Gasteiger partial charge is 0.254 e. The van der Waals surface area contributed by atoms with Crippen LogP contribution in [-0.2, 0) is 4.79 Å². The second-order valence-electron chi connectivity index (χ2n) is 3.90. The molecule has 0 bridgehead atoms. The zero-order chi connectivity index (χ0) is 13.5. The maximum absolute atomic E-state index is 13.2. The van der Waals surface area contributed by atoms with Crippen LogP contribution >= 0.6 is 0 Å². The van der Waals surface area contributed by atoms with Crippen LogP contribution in [0.2, 0.25) is 0 Å². The van der Waals surface area contributed by atoms with Gasteiger partial charge in [-0.15, -0.1) is 0 Å². The summed E-state index contributed by atoms with van der Waals surface area (Å²) >= 11 is 0. The van der Waals surface area contributed by atoms with Crippen molar-refractivity contribution >= 4 is 11.8 Å². The molecule has 1 rings (SSSR count). The van der Waals surface area contributed by atoms with Gasteiger partial charge in [-0.3, -0.25) is 9.59 Å². The molecule has 1 aromatic rings. The van der Waals surface area contributed by atoms with Crippen LogP contribution in [0.1, 0.15) is 17.3 Å². The molecular weight excluding hydrogens is 235 g/mol. The predicted octanol–water partition coefficient (Wildman–Crippen LogP) is 1.25. The minimum absolute atomic E-state index is 0.0785. The minimum Gasteiger partial charge on any atom is -0.351 e. The van der Waals surface area contributed by atoms with Gasteiger partial charge in [0.2, 0.25) is 5.91 Å². The number of carbonyl (C=O) groups excluding carboxylic acids is 2. The van der Waals surface area contributed by atoms with Crippen LogP contribution < -0.4 is 10.6 Å². The summed E-state index contributed by atoms with van der Waals surface area (Å²) in [5.74, 6) is -1.57. The van der Waals surface area contributed by atoms with Crippen LogP contribution in [0.4, 0.5) is 4.39 Å². The van der Waals surface area contributed by atoms with Gasteiger partial charge in [-0.25, -0.2) is 4.39 Å². The Labute approximate surface area is 105 Å². The molecule has 96 valence electrons. The molecule has 2 N–H and O–H groups in total. The lowest BCUT2D eigenvalue weighted by Gasteiger charge is -2.07. The van der Waals surface area contributed by atoms with Crippen molar-refractivity contribution in [1.82, 2.24) is 10.6 Å². The third-order valence-electron chi connectivity index (χ3n) is 2.12. The Morgan fingerprint density at radius 2 is 1.89 bits per heavy atom. The summed E-state index contributed by atoms with van der Waals surface area (Å²) in [7, 11) is 0. The Balaban J connectivity index is 2.45. The van der Waals surface area contributed by atoms with Gasteiger partial charge in [0.15, 0.2) is 0 Å². The van der Waals surface area contributed by atoms with Crippen LogP contribution in [0.3, 0.4) is 0 Å². The molecule has 0 aromatic heterocycles. The lowest BCUT2D eigenvalue weighted by molar-refractivity contribution is -0.119. The van der Waals surface area contributed by atoms with Crippen LogP contribution in [-0.4, -0.2) is 24.9 Å². The molecule has 0 saturated carbocycles. The van der Waals surface area contributed by atoms with E-state index in [9.17, 15) is 14.0 Å². The summed E-state index contributed by atoms with van der Waals surface area (Å²) in [6, 6.07) is 5.59. The van der Waals surface area contributed by atoms with Gasteiger partial charge in [-0.2, -0.15) is 0 Å². The molecule has 1 aromatic carbocycles. The molecule has 0 unspecified atom stereocenters. The Hall–Kier alpha value is -2.17. The Bertz CT molecular complexity index is 472. The van der Waals surface area contributed by atoms with E-state index in [0.717, 1.165) is 5.57 Å². The van der Waals surface area contributed by atoms with Gasteiger partial charge in [-0.1, -0.05) is 24.3 Å². The van der Waals surface area contributed by atoms with Crippen molar-refractivity contribution in [3.63, 3.8) is 0 Å². The Kier molecular flexibility index (Phi) is 5.05. The van der Waals surface area contributed by atoms with Gasteiger partial charge >= 0.3 is 0 Å². The van der Waals surface area contributed by atoms with E-state index >= 15 is 0 Å². The van der Waals surface area contributed by atoms with Gasteiger partial charge < -0.3 is 10.6 Å². The lowest BCUT2D eigenvalue weighted by Crippen LogP contribution is -2.37. The van der Waals surface area contributed by atoms with Crippen molar-refractivity contribution < 1.29 is 14.0 Å². The van der Waals surface area contributed by atoms with Crippen molar-refractivity contribution in [1.29, 1.82) is 0 Å². The highest BCUT2D eigenvalue weighted by Gasteiger charge is 2.11. The molecular formula is C13H15FN2O2. The highest BCUT2D eigenvalue weighted by molar-refractivity contribution is 5.96. The minimum atomic E-state index is -0.614. The van der Waals surface area contributed by atoms with Gasteiger partial charge in [0.05, 0.1) is 12.1 Å². The fraction of sp³-hybridized carbons (Fsp3) is 0.231. The summed E-state index contributed by atoms with van der Waals surface area (Å²) < 4.78 is 13.2. The summed E-state index contributed by atoms with van der Waals surface area (Å²) in [5.41, 5.74) is 0.731. The molecule has 0 saturated heterocycles. The van der Waals surface area contributed by atoms with Crippen molar-refractivity contribution in [2.75, 3.05) is 13.1 Å². The van der Waals surface area contributed by atoms with Crippen molar-refractivity contribution in [2.45, 2.75) is 6.92 Å². The van der Waals surface area contributed by atoms with E-state index < -0.39 is 11.7 Å². The van der Waals surface area contributed by atoms with E-state index in [1.54, 1.807) is 13.0 Å². The van der Waals surface area contributed by atoms with E-state index in [4.69, 9.17) is 0 Å². The zero-order valence-electron chi connectivity index (χ0n) is 10.1. The Morgan fingerprint density at radius 3 is 2.50 bits per heavy atom. The first-order chi connectivity index (χ1) is 8.50. The third kappa shape index (κ3) is 4.37. The summed E-state index contributed by atoms with van der Waals surface area (Å²) in [6.07, 6.45) is 0. The molecule has 18 heavy (non-hydrogen) atoms. The largest absolute Gasteiger partial charge is 0.351 e. The number of benzene rings is 1. The second kappa shape index (κ2) is 6.54. The van der Waals surface area contributed by atoms with Crippen molar-refractivity contribution in [3.8, 4) is 0 Å². The lowest BCUT2D eigenvalue weighted by atomic mass is 10.2. The molecule has 2 amide bonds. The Morgan fingerprint density at radius 1 is 1.22 bits per heavy atom. The average molecular weight is 250 g/mol. The van der Waals surface area contributed by atoms with Gasteiger partial charge in [0, 0.05) is 6.54 Å². The summed E-state index contributed by atoms with van der Waals surface area (Å²) in [4.78, 5) is 22.9. The molecule has 0 heterocycles. The first-order valence-electron chi connectivity index (χ1n) is 5.44. The SMILES string of the molecule is C=C(C)CNC(=O)CNC(=O)c1ccccc1F. The summed E-state index contributed by atoms with van der Waals surface area (Å²) in [6.45, 7) is 5.57. The predicted molar refractivity (Wildman–Crippen MR) is 66.6 cm³/mol. The summed E-state index contributed by atoms with van der Waals surface area (Å²) in [5, 5.41) is 4.90. The maximum Gasteiger partial charge on any atom is 0.254 e. The highest BCUT2D eigenvalue weighted by Crippen LogP contribution is 2.05. The highest BCUT2D eigenvalue weighted by atomic mass is 19.1.